The first-order chi connectivity index (χ1) is 17.1. The molecular formula is C26H36FN3O5S. The third-order valence-electron chi connectivity index (χ3n) is 5.80. The van der Waals surface area contributed by atoms with Crippen LogP contribution < -0.4 is 14.4 Å². The Labute approximate surface area is 213 Å². The van der Waals surface area contributed by atoms with E-state index < -0.39 is 21.9 Å². The van der Waals surface area contributed by atoms with Gasteiger partial charge in [-0.1, -0.05) is 43.7 Å². The summed E-state index contributed by atoms with van der Waals surface area (Å²) in [5.41, 5.74) is 0.674. The van der Waals surface area contributed by atoms with Crippen molar-refractivity contribution in [3.05, 3.63) is 59.9 Å². The highest BCUT2D eigenvalue weighted by atomic mass is 32.2. The summed E-state index contributed by atoms with van der Waals surface area (Å²) in [7, 11) is -2.20. The zero-order valence-electron chi connectivity index (χ0n) is 21.4. The molecule has 0 heterocycles. The molecule has 0 spiro atoms. The summed E-state index contributed by atoms with van der Waals surface area (Å²) >= 11 is 0. The number of carbonyl (C=O) groups is 2. The van der Waals surface area contributed by atoms with Crippen LogP contribution >= 0.6 is 0 Å². The average molecular weight is 522 g/mol. The van der Waals surface area contributed by atoms with Gasteiger partial charge in [-0.05, 0) is 38.0 Å². The Morgan fingerprint density at radius 3 is 2.39 bits per heavy atom. The van der Waals surface area contributed by atoms with E-state index in [1.807, 2.05) is 6.92 Å². The van der Waals surface area contributed by atoms with Crippen LogP contribution in [0.3, 0.4) is 0 Å². The van der Waals surface area contributed by atoms with Crippen molar-refractivity contribution in [2.45, 2.75) is 52.1 Å². The Balaban J connectivity index is 2.18. The Hall–Kier alpha value is -3.14. The van der Waals surface area contributed by atoms with Gasteiger partial charge in [0.1, 0.15) is 17.6 Å². The standard InChI is InChI=1S/C26H36FN3O5S/c1-5-6-17-28-26(32)20(2)29(19-21-12-7-8-13-22(21)27)25(31)16-11-18-30(36(4,33)34)23-14-9-10-15-24(23)35-3/h7-10,12-15,20H,5-6,11,16-19H2,1-4H3,(H,28,32). The lowest BCUT2D eigenvalue weighted by atomic mass is 10.1. The number of hydrogen-bond donors (Lipinski definition) is 1. The van der Waals surface area contributed by atoms with Crippen molar-refractivity contribution in [3.8, 4) is 5.75 Å². The maximum Gasteiger partial charge on any atom is 0.242 e. The van der Waals surface area contributed by atoms with E-state index in [4.69, 9.17) is 4.74 Å². The van der Waals surface area contributed by atoms with E-state index in [0.717, 1.165) is 19.1 Å². The molecule has 2 aromatic carbocycles. The number of carbonyl (C=O) groups excluding carboxylic acids is 2. The van der Waals surface area contributed by atoms with Crippen LogP contribution in [0.1, 0.15) is 45.1 Å². The summed E-state index contributed by atoms with van der Waals surface area (Å²) in [5, 5.41) is 2.82. The highest BCUT2D eigenvalue weighted by molar-refractivity contribution is 7.92. The van der Waals surface area contributed by atoms with Gasteiger partial charge in [0.05, 0.1) is 19.1 Å². The van der Waals surface area contributed by atoms with Crippen molar-refractivity contribution in [2.75, 3.05) is 30.8 Å². The molecule has 0 aliphatic carbocycles. The lowest BCUT2D eigenvalue weighted by Crippen LogP contribution is -2.48. The molecule has 0 radical (unpaired) electrons. The molecule has 2 amide bonds. The Bertz CT molecular complexity index is 1130. The van der Waals surface area contributed by atoms with Crippen molar-refractivity contribution in [2.24, 2.45) is 0 Å². The van der Waals surface area contributed by atoms with Crippen molar-refractivity contribution >= 4 is 27.5 Å². The molecule has 0 bridgehead atoms. The first-order valence-corrected chi connectivity index (χ1v) is 13.9. The quantitative estimate of drug-likeness (QED) is 0.383. The van der Waals surface area contributed by atoms with Crippen LogP contribution in [0, 0.1) is 5.82 Å². The van der Waals surface area contributed by atoms with E-state index in [0.29, 0.717) is 23.5 Å². The maximum atomic E-state index is 14.4. The van der Waals surface area contributed by atoms with E-state index in [-0.39, 0.29) is 37.7 Å². The molecule has 0 aliphatic rings. The van der Waals surface area contributed by atoms with Crippen LogP contribution in [0.2, 0.25) is 0 Å². The van der Waals surface area contributed by atoms with Crippen LogP contribution in [-0.4, -0.2) is 57.6 Å². The molecule has 2 rings (SSSR count). The second-order valence-electron chi connectivity index (χ2n) is 8.54. The largest absolute Gasteiger partial charge is 0.495 e. The average Bonchev–Trinajstić information content (AvgIpc) is 2.85. The van der Waals surface area contributed by atoms with Crippen molar-refractivity contribution in [1.29, 1.82) is 0 Å². The van der Waals surface area contributed by atoms with Crippen LogP contribution in [0.15, 0.2) is 48.5 Å². The molecule has 2 aromatic rings. The number of nitrogens with one attached hydrogen (secondary N) is 1. The second kappa shape index (κ2) is 13.8. The SMILES string of the molecule is CCCCNC(=O)C(C)N(Cc1ccccc1F)C(=O)CCCN(c1ccccc1OC)S(C)(=O)=O. The zero-order valence-corrected chi connectivity index (χ0v) is 22.2. The normalized spacial score (nSPS) is 12.0. The molecule has 1 unspecified atom stereocenters. The first-order valence-electron chi connectivity index (χ1n) is 12.0. The molecular weight excluding hydrogens is 485 g/mol. The van der Waals surface area contributed by atoms with Crippen LogP contribution in [0.25, 0.3) is 0 Å². The summed E-state index contributed by atoms with van der Waals surface area (Å²) in [6.07, 6.45) is 2.98. The number of ether oxygens (including phenoxy) is 1. The molecule has 0 fully saturated rings. The van der Waals surface area contributed by atoms with E-state index >= 15 is 0 Å². The Morgan fingerprint density at radius 1 is 1.08 bits per heavy atom. The Morgan fingerprint density at radius 2 is 1.75 bits per heavy atom. The monoisotopic (exact) mass is 521 g/mol. The van der Waals surface area contributed by atoms with E-state index in [1.165, 1.54) is 22.4 Å². The third kappa shape index (κ3) is 8.22. The minimum Gasteiger partial charge on any atom is -0.495 e. The van der Waals surface area contributed by atoms with Gasteiger partial charge in [0.15, 0.2) is 0 Å². The first kappa shape index (κ1) is 29.1. The van der Waals surface area contributed by atoms with Gasteiger partial charge >= 0.3 is 0 Å². The fourth-order valence-corrected chi connectivity index (χ4v) is 4.72. The van der Waals surface area contributed by atoms with Gasteiger partial charge in [0, 0.05) is 31.6 Å². The predicted octanol–water partition coefficient (Wildman–Crippen LogP) is 3.71. The number of methoxy groups -OCH3 is 1. The van der Waals surface area contributed by atoms with E-state index in [9.17, 15) is 22.4 Å². The number of amides is 2. The Kier molecular flexibility index (Phi) is 11.2. The maximum absolute atomic E-state index is 14.4. The van der Waals surface area contributed by atoms with Gasteiger partial charge in [-0.25, -0.2) is 12.8 Å². The fourth-order valence-electron chi connectivity index (χ4n) is 3.75. The number of para-hydroxylation sites is 2. The van der Waals surface area contributed by atoms with Gasteiger partial charge in [-0.15, -0.1) is 0 Å². The van der Waals surface area contributed by atoms with Gasteiger partial charge in [0.2, 0.25) is 21.8 Å². The summed E-state index contributed by atoms with van der Waals surface area (Å²) in [4.78, 5) is 27.3. The lowest BCUT2D eigenvalue weighted by molar-refractivity contribution is -0.140. The minimum absolute atomic E-state index is 0.0256. The number of hydrogen-bond acceptors (Lipinski definition) is 5. The topological polar surface area (TPSA) is 96.0 Å². The molecule has 0 saturated heterocycles. The van der Waals surface area contributed by atoms with Gasteiger partial charge in [0.25, 0.3) is 0 Å². The smallest absolute Gasteiger partial charge is 0.242 e. The molecule has 36 heavy (non-hydrogen) atoms. The molecule has 198 valence electrons. The molecule has 1 atom stereocenters. The van der Waals surface area contributed by atoms with E-state index in [1.54, 1.807) is 49.4 Å². The third-order valence-corrected chi connectivity index (χ3v) is 6.98. The van der Waals surface area contributed by atoms with Crippen LogP contribution in [0.5, 0.6) is 5.75 Å². The summed E-state index contributed by atoms with van der Waals surface area (Å²) in [5.74, 6) is -0.758. The molecule has 8 nitrogen and oxygen atoms in total. The summed E-state index contributed by atoms with van der Waals surface area (Å²) in [6, 6.07) is 12.0. The fraction of sp³-hybridized carbons (Fsp3) is 0.462. The summed E-state index contributed by atoms with van der Waals surface area (Å²) < 4.78 is 45.8. The molecule has 10 heteroatoms. The highest BCUT2D eigenvalue weighted by Gasteiger charge is 2.27. The molecule has 1 N–H and O–H groups in total. The number of unbranched alkanes of at least 4 members (excludes halogenated alkanes) is 1. The van der Waals surface area contributed by atoms with Crippen molar-refractivity contribution in [3.63, 3.8) is 0 Å². The van der Waals surface area contributed by atoms with Crippen molar-refractivity contribution < 1.29 is 27.1 Å². The van der Waals surface area contributed by atoms with Crippen LogP contribution in [-0.2, 0) is 26.2 Å². The van der Waals surface area contributed by atoms with Gasteiger partial charge in [-0.2, -0.15) is 0 Å². The molecule has 0 aliphatic heterocycles. The van der Waals surface area contributed by atoms with Gasteiger partial charge in [-0.3, -0.25) is 13.9 Å². The highest BCUT2D eigenvalue weighted by Crippen LogP contribution is 2.29. The number of rotatable bonds is 14. The minimum atomic E-state index is -3.65. The lowest BCUT2D eigenvalue weighted by Gasteiger charge is -2.29. The van der Waals surface area contributed by atoms with Gasteiger partial charge < -0.3 is 15.0 Å². The number of halogens is 1. The zero-order chi connectivity index (χ0) is 26.7. The molecule has 0 saturated carbocycles. The van der Waals surface area contributed by atoms with Crippen LogP contribution in [0.4, 0.5) is 10.1 Å². The number of benzene rings is 2. The van der Waals surface area contributed by atoms with Crippen molar-refractivity contribution in [1.82, 2.24) is 10.2 Å². The second-order valence-corrected chi connectivity index (χ2v) is 10.5. The van der Waals surface area contributed by atoms with E-state index in [2.05, 4.69) is 5.32 Å². The predicted molar refractivity (Wildman–Crippen MR) is 139 cm³/mol. The summed E-state index contributed by atoms with van der Waals surface area (Å²) in [6.45, 7) is 4.07. The molecule has 0 aromatic heterocycles. The number of anilines is 1. The number of sulfonamides is 1. The number of nitrogens with zero attached hydrogens (tertiary/aromatic N) is 2.